The Bertz CT molecular complexity index is 474. The maximum atomic E-state index is 13.1. The van der Waals surface area contributed by atoms with E-state index in [1.54, 1.807) is 0 Å². The molecular formula is C18H22F2. The molecule has 0 radical (unpaired) electrons. The van der Waals surface area contributed by atoms with Gasteiger partial charge in [-0.15, -0.1) is 0 Å². The molecule has 1 aromatic rings. The molecule has 4 bridgehead atoms. The fourth-order valence-electron chi connectivity index (χ4n) is 6.15. The molecule has 0 nitrogen and oxygen atoms in total. The van der Waals surface area contributed by atoms with Crippen molar-refractivity contribution in [1.82, 2.24) is 0 Å². The van der Waals surface area contributed by atoms with Crippen LogP contribution in [0.2, 0.25) is 0 Å². The second-order valence-electron chi connectivity index (χ2n) is 7.70. The normalized spacial score (nSPS) is 42.4. The molecule has 4 fully saturated rings. The maximum absolute atomic E-state index is 13.1. The monoisotopic (exact) mass is 276 g/mol. The number of alkyl halides is 2. The molecule has 0 heterocycles. The van der Waals surface area contributed by atoms with E-state index in [1.165, 1.54) is 24.8 Å². The van der Waals surface area contributed by atoms with Crippen LogP contribution < -0.4 is 0 Å². The summed E-state index contributed by atoms with van der Waals surface area (Å²) < 4.78 is 26.1. The van der Waals surface area contributed by atoms with Gasteiger partial charge in [0.2, 0.25) is 6.43 Å². The molecule has 2 atom stereocenters. The smallest absolute Gasteiger partial charge is 0.211 e. The van der Waals surface area contributed by atoms with Gasteiger partial charge in [0.05, 0.1) is 0 Å². The van der Waals surface area contributed by atoms with Crippen LogP contribution in [0.5, 0.6) is 0 Å². The van der Waals surface area contributed by atoms with Gasteiger partial charge in [0, 0.05) is 6.42 Å². The zero-order valence-electron chi connectivity index (χ0n) is 11.8. The van der Waals surface area contributed by atoms with Crippen molar-refractivity contribution in [2.24, 2.45) is 17.3 Å². The van der Waals surface area contributed by atoms with Crippen LogP contribution in [0.15, 0.2) is 30.3 Å². The topological polar surface area (TPSA) is 0 Å². The zero-order valence-corrected chi connectivity index (χ0v) is 11.8. The van der Waals surface area contributed by atoms with Crippen LogP contribution in [-0.4, -0.2) is 6.43 Å². The van der Waals surface area contributed by atoms with Crippen molar-refractivity contribution in [3.63, 3.8) is 0 Å². The third kappa shape index (κ3) is 1.91. The fraction of sp³-hybridized carbons (Fsp3) is 0.667. The largest absolute Gasteiger partial charge is 0.239 e. The Morgan fingerprint density at radius 1 is 1.00 bits per heavy atom. The van der Waals surface area contributed by atoms with E-state index in [1.807, 2.05) is 0 Å². The van der Waals surface area contributed by atoms with E-state index in [9.17, 15) is 8.78 Å². The summed E-state index contributed by atoms with van der Waals surface area (Å²) >= 11 is 0. The summed E-state index contributed by atoms with van der Waals surface area (Å²) in [5.74, 6) is 1.38. The third-order valence-corrected chi connectivity index (χ3v) is 6.16. The van der Waals surface area contributed by atoms with Gasteiger partial charge in [-0.2, -0.15) is 0 Å². The first-order valence-electron chi connectivity index (χ1n) is 7.93. The highest BCUT2D eigenvalue weighted by Crippen LogP contribution is 2.67. The molecule has 108 valence electrons. The fourth-order valence-corrected chi connectivity index (χ4v) is 6.15. The van der Waals surface area contributed by atoms with Gasteiger partial charge in [-0.1, -0.05) is 30.3 Å². The predicted molar refractivity (Wildman–Crippen MR) is 75.9 cm³/mol. The lowest BCUT2D eigenvalue weighted by Crippen LogP contribution is -2.54. The van der Waals surface area contributed by atoms with E-state index < -0.39 is 6.43 Å². The highest BCUT2D eigenvalue weighted by Gasteiger charge is 2.58. The van der Waals surface area contributed by atoms with Gasteiger partial charge in [0.1, 0.15) is 0 Å². The molecule has 4 aliphatic carbocycles. The highest BCUT2D eigenvalue weighted by molar-refractivity contribution is 5.30. The van der Waals surface area contributed by atoms with Gasteiger partial charge >= 0.3 is 0 Å². The Balaban J connectivity index is 1.72. The Kier molecular flexibility index (Phi) is 2.74. The van der Waals surface area contributed by atoms with Crippen LogP contribution in [0, 0.1) is 17.3 Å². The van der Waals surface area contributed by atoms with E-state index in [0.717, 1.165) is 19.3 Å². The summed E-state index contributed by atoms with van der Waals surface area (Å²) in [6.45, 7) is 0. The minimum absolute atomic E-state index is 0.0614. The quantitative estimate of drug-likeness (QED) is 0.713. The minimum Gasteiger partial charge on any atom is -0.211 e. The molecule has 0 N–H and O–H groups in total. The van der Waals surface area contributed by atoms with Gasteiger partial charge in [-0.05, 0) is 66.8 Å². The van der Waals surface area contributed by atoms with Crippen molar-refractivity contribution in [1.29, 1.82) is 0 Å². The van der Waals surface area contributed by atoms with Crippen LogP contribution in [0.1, 0.15) is 50.5 Å². The molecule has 4 saturated carbocycles. The van der Waals surface area contributed by atoms with E-state index in [2.05, 4.69) is 30.3 Å². The SMILES string of the molecule is FC(F)CC12CC3CC(C1)CC(c1ccccc1)(C3)C2. The number of halogens is 2. The number of hydrogen-bond acceptors (Lipinski definition) is 0. The van der Waals surface area contributed by atoms with Crippen LogP contribution in [0.25, 0.3) is 0 Å². The molecule has 2 heteroatoms. The molecule has 2 unspecified atom stereocenters. The summed E-state index contributed by atoms with van der Waals surface area (Å²) in [6, 6.07) is 10.7. The van der Waals surface area contributed by atoms with Crippen molar-refractivity contribution in [2.45, 2.75) is 56.8 Å². The summed E-state index contributed by atoms with van der Waals surface area (Å²) in [6.07, 6.45) is 4.87. The lowest BCUT2D eigenvalue weighted by atomic mass is 9.42. The molecule has 4 aliphatic rings. The Morgan fingerprint density at radius 3 is 2.25 bits per heavy atom. The third-order valence-electron chi connectivity index (χ3n) is 6.16. The van der Waals surface area contributed by atoms with E-state index in [-0.39, 0.29) is 17.3 Å². The van der Waals surface area contributed by atoms with Crippen LogP contribution in [-0.2, 0) is 5.41 Å². The summed E-state index contributed by atoms with van der Waals surface area (Å²) in [5.41, 5.74) is 1.56. The summed E-state index contributed by atoms with van der Waals surface area (Å²) in [4.78, 5) is 0. The standard InChI is InChI=1S/C18H22F2/c19-16(20)11-17-7-13-6-14(8-17)10-18(9-13,12-17)15-4-2-1-3-5-15/h1-5,13-14,16H,6-12H2. The van der Waals surface area contributed by atoms with Crippen molar-refractivity contribution in [2.75, 3.05) is 0 Å². The molecule has 0 saturated heterocycles. The molecule has 0 amide bonds. The van der Waals surface area contributed by atoms with Crippen molar-refractivity contribution >= 4 is 0 Å². The highest BCUT2D eigenvalue weighted by atomic mass is 19.3. The van der Waals surface area contributed by atoms with E-state index in [4.69, 9.17) is 0 Å². The maximum Gasteiger partial charge on any atom is 0.239 e. The van der Waals surface area contributed by atoms with E-state index >= 15 is 0 Å². The van der Waals surface area contributed by atoms with Gasteiger partial charge in [-0.25, -0.2) is 8.78 Å². The number of hydrogen-bond donors (Lipinski definition) is 0. The van der Waals surface area contributed by atoms with Gasteiger partial charge in [0.15, 0.2) is 0 Å². The average Bonchev–Trinajstić information content (AvgIpc) is 2.36. The Morgan fingerprint density at radius 2 is 1.65 bits per heavy atom. The second kappa shape index (κ2) is 4.29. The van der Waals surface area contributed by atoms with Crippen molar-refractivity contribution in [3.05, 3.63) is 35.9 Å². The second-order valence-corrected chi connectivity index (χ2v) is 7.70. The molecule has 1 aromatic carbocycles. The zero-order chi connectivity index (χ0) is 13.8. The predicted octanol–water partition coefficient (Wildman–Crippen LogP) is 5.18. The molecule has 0 spiro atoms. The van der Waals surface area contributed by atoms with Crippen LogP contribution in [0.3, 0.4) is 0 Å². The number of rotatable bonds is 3. The van der Waals surface area contributed by atoms with Gasteiger partial charge in [-0.3, -0.25) is 0 Å². The first-order chi connectivity index (χ1) is 9.59. The summed E-state index contributed by atoms with van der Waals surface area (Å²) in [5, 5.41) is 0. The lowest BCUT2D eigenvalue weighted by Gasteiger charge is -2.62. The Labute approximate surface area is 119 Å². The molecular weight excluding hydrogens is 254 g/mol. The van der Waals surface area contributed by atoms with Crippen molar-refractivity contribution < 1.29 is 8.78 Å². The first kappa shape index (κ1) is 12.8. The van der Waals surface area contributed by atoms with Gasteiger partial charge in [0.25, 0.3) is 0 Å². The van der Waals surface area contributed by atoms with Crippen LogP contribution >= 0.6 is 0 Å². The van der Waals surface area contributed by atoms with Crippen molar-refractivity contribution in [3.8, 4) is 0 Å². The van der Waals surface area contributed by atoms with Gasteiger partial charge < -0.3 is 0 Å². The lowest BCUT2D eigenvalue weighted by molar-refractivity contribution is -0.0968. The molecule has 20 heavy (non-hydrogen) atoms. The molecule has 0 aromatic heterocycles. The van der Waals surface area contributed by atoms with E-state index in [0.29, 0.717) is 11.8 Å². The number of benzene rings is 1. The minimum atomic E-state index is -2.14. The summed E-state index contributed by atoms with van der Waals surface area (Å²) in [7, 11) is 0. The average molecular weight is 276 g/mol. The Hall–Kier alpha value is -0.920. The van der Waals surface area contributed by atoms with Crippen LogP contribution in [0.4, 0.5) is 8.78 Å². The first-order valence-corrected chi connectivity index (χ1v) is 7.93. The molecule has 0 aliphatic heterocycles. The molecule has 5 rings (SSSR count).